The highest BCUT2D eigenvalue weighted by atomic mass is 16.6. The van der Waals surface area contributed by atoms with Gasteiger partial charge in [-0.15, -0.1) is 0 Å². The number of hydrogen-bond donors (Lipinski definition) is 0. The fourth-order valence-corrected chi connectivity index (χ4v) is 2.24. The van der Waals surface area contributed by atoms with E-state index >= 15 is 0 Å². The maximum atomic E-state index is 11.1. The van der Waals surface area contributed by atoms with E-state index < -0.39 is 4.92 Å². The summed E-state index contributed by atoms with van der Waals surface area (Å²) in [5.41, 5.74) is 0.961. The predicted octanol–water partition coefficient (Wildman–Crippen LogP) is 1.98. The quantitative estimate of drug-likeness (QED) is 0.481. The highest BCUT2D eigenvalue weighted by Gasteiger charge is 2.34. The van der Waals surface area contributed by atoms with E-state index in [0.29, 0.717) is 17.9 Å². The molecule has 3 rings (SSSR count). The Morgan fingerprint density at radius 2 is 2.32 bits per heavy atom. The van der Waals surface area contributed by atoms with Gasteiger partial charge in [-0.2, -0.15) is 0 Å². The van der Waals surface area contributed by atoms with E-state index in [1.165, 1.54) is 0 Å². The third-order valence-corrected chi connectivity index (χ3v) is 3.23. The lowest BCUT2D eigenvalue weighted by atomic mass is 10.2. The van der Waals surface area contributed by atoms with Crippen LogP contribution in [0.5, 0.6) is 11.8 Å². The van der Waals surface area contributed by atoms with Crippen LogP contribution in [-0.2, 0) is 6.54 Å². The van der Waals surface area contributed by atoms with Crippen LogP contribution < -0.4 is 9.47 Å². The first-order chi connectivity index (χ1) is 10.6. The van der Waals surface area contributed by atoms with Gasteiger partial charge >= 0.3 is 11.8 Å². The number of aromatic nitrogens is 2. The Bertz CT molecular complexity index is 801. The molecule has 1 aromatic carbocycles. The minimum Gasteiger partial charge on any atom is -0.497 e. The zero-order valence-corrected chi connectivity index (χ0v) is 12.1. The van der Waals surface area contributed by atoms with Crippen molar-refractivity contribution in [1.82, 2.24) is 9.55 Å². The van der Waals surface area contributed by atoms with Crippen LogP contribution >= 0.6 is 0 Å². The molecular weight excluding hydrogens is 286 g/mol. The van der Waals surface area contributed by atoms with Gasteiger partial charge in [0.15, 0.2) is 5.69 Å². The molecule has 7 nitrogen and oxygen atoms in total. The van der Waals surface area contributed by atoms with Gasteiger partial charge in [0, 0.05) is 10.5 Å². The zero-order valence-electron chi connectivity index (χ0n) is 12.1. The number of rotatable bonds is 2. The molecule has 1 aliphatic heterocycles. The van der Waals surface area contributed by atoms with Crippen molar-refractivity contribution in [3.8, 4) is 23.6 Å². The standard InChI is InChI=1S/C15H13N3O4/c1-10-9-17-13(14(18(19)20)16-15(17)22-10)7-6-11-4-3-5-12(8-11)21-2/h3-5,8,10H,9H2,1-2H3. The summed E-state index contributed by atoms with van der Waals surface area (Å²) in [5.74, 6) is 6.14. The van der Waals surface area contributed by atoms with Crippen molar-refractivity contribution >= 4 is 5.82 Å². The van der Waals surface area contributed by atoms with E-state index in [-0.39, 0.29) is 23.6 Å². The van der Waals surface area contributed by atoms with Gasteiger partial charge in [-0.3, -0.25) is 4.57 Å². The first kappa shape index (κ1) is 13.9. The van der Waals surface area contributed by atoms with Gasteiger partial charge in [0.25, 0.3) is 0 Å². The second kappa shape index (κ2) is 5.41. The van der Waals surface area contributed by atoms with Gasteiger partial charge in [-0.05, 0) is 36.0 Å². The van der Waals surface area contributed by atoms with E-state index in [4.69, 9.17) is 9.47 Å². The number of ether oxygens (including phenoxy) is 2. The average molecular weight is 299 g/mol. The van der Waals surface area contributed by atoms with Crippen molar-refractivity contribution in [3.63, 3.8) is 0 Å². The molecular formula is C15H13N3O4. The fourth-order valence-electron chi connectivity index (χ4n) is 2.24. The lowest BCUT2D eigenvalue weighted by molar-refractivity contribution is -0.389. The molecule has 7 heteroatoms. The summed E-state index contributed by atoms with van der Waals surface area (Å²) in [7, 11) is 1.57. The largest absolute Gasteiger partial charge is 0.497 e. The van der Waals surface area contributed by atoms with Crippen LogP contribution in [0.2, 0.25) is 0 Å². The number of methoxy groups -OCH3 is 1. The molecule has 1 aliphatic rings. The molecule has 1 aromatic heterocycles. The van der Waals surface area contributed by atoms with Crippen LogP contribution in [0.3, 0.4) is 0 Å². The maximum absolute atomic E-state index is 11.1. The van der Waals surface area contributed by atoms with Crippen LogP contribution in [0.1, 0.15) is 18.2 Å². The van der Waals surface area contributed by atoms with Gasteiger partial charge in [-0.1, -0.05) is 12.0 Å². The van der Waals surface area contributed by atoms with Gasteiger partial charge in [0.2, 0.25) is 0 Å². The monoisotopic (exact) mass is 299 g/mol. The van der Waals surface area contributed by atoms with Gasteiger partial charge < -0.3 is 19.6 Å². The maximum Gasteiger partial charge on any atom is 0.415 e. The third kappa shape index (κ3) is 2.46. The van der Waals surface area contributed by atoms with E-state index in [2.05, 4.69) is 16.8 Å². The molecule has 0 N–H and O–H groups in total. The summed E-state index contributed by atoms with van der Waals surface area (Å²) in [4.78, 5) is 14.5. The lowest BCUT2D eigenvalue weighted by Crippen LogP contribution is -2.10. The first-order valence-electron chi connectivity index (χ1n) is 6.66. The number of benzene rings is 1. The molecule has 0 saturated carbocycles. The normalized spacial score (nSPS) is 15.5. The minimum atomic E-state index is -0.547. The summed E-state index contributed by atoms with van der Waals surface area (Å²) in [6.45, 7) is 2.37. The molecule has 0 fully saturated rings. The van der Waals surface area contributed by atoms with Crippen molar-refractivity contribution in [1.29, 1.82) is 0 Å². The van der Waals surface area contributed by atoms with Crippen molar-refractivity contribution in [3.05, 3.63) is 45.6 Å². The number of hydrogen-bond acceptors (Lipinski definition) is 5. The Hall–Kier alpha value is -3.01. The number of imidazole rings is 1. The highest BCUT2D eigenvalue weighted by Crippen LogP contribution is 2.29. The SMILES string of the molecule is COc1cccc(C#Cc2c([N+](=O)[O-])nc3n2CC(C)O3)c1. The molecule has 0 aliphatic carbocycles. The second-order valence-corrected chi connectivity index (χ2v) is 4.84. The van der Waals surface area contributed by atoms with Crippen molar-refractivity contribution < 1.29 is 14.4 Å². The predicted molar refractivity (Wildman–Crippen MR) is 77.9 cm³/mol. The van der Waals surface area contributed by atoms with Crippen molar-refractivity contribution in [2.45, 2.75) is 19.6 Å². The van der Waals surface area contributed by atoms with Gasteiger partial charge in [0.1, 0.15) is 11.9 Å². The van der Waals surface area contributed by atoms with E-state index in [1.807, 2.05) is 19.1 Å². The Morgan fingerprint density at radius 3 is 3.05 bits per heavy atom. The summed E-state index contributed by atoms with van der Waals surface area (Å²) < 4.78 is 12.2. The minimum absolute atomic E-state index is 0.0688. The molecule has 112 valence electrons. The van der Waals surface area contributed by atoms with Crippen molar-refractivity contribution in [2.75, 3.05) is 7.11 Å². The van der Waals surface area contributed by atoms with Crippen LogP contribution in [-0.4, -0.2) is 27.7 Å². The number of nitrogens with zero attached hydrogens (tertiary/aromatic N) is 3. The molecule has 0 bridgehead atoms. The topological polar surface area (TPSA) is 79.4 Å². The van der Waals surface area contributed by atoms with Gasteiger partial charge in [0.05, 0.1) is 13.7 Å². The molecule has 2 heterocycles. The zero-order chi connectivity index (χ0) is 15.7. The van der Waals surface area contributed by atoms with Crippen LogP contribution in [0.15, 0.2) is 24.3 Å². The Kier molecular flexibility index (Phi) is 3.43. The first-order valence-corrected chi connectivity index (χ1v) is 6.66. The highest BCUT2D eigenvalue weighted by molar-refractivity contribution is 5.50. The molecule has 1 atom stereocenters. The van der Waals surface area contributed by atoms with Crippen LogP contribution in [0, 0.1) is 22.0 Å². The lowest BCUT2D eigenvalue weighted by Gasteiger charge is -1.99. The summed E-state index contributed by atoms with van der Waals surface area (Å²) in [5, 5.41) is 11.1. The molecule has 0 saturated heterocycles. The Labute approximate surface area is 126 Å². The summed E-state index contributed by atoms with van der Waals surface area (Å²) in [6, 6.07) is 7.43. The summed E-state index contributed by atoms with van der Waals surface area (Å²) in [6.07, 6.45) is -0.0688. The second-order valence-electron chi connectivity index (χ2n) is 4.84. The Balaban J connectivity index is 2.02. The van der Waals surface area contributed by atoms with E-state index in [9.17, 15) is 10.1 Å². The smallest absolute Gasteiger partial charge is 0.415 e. The molecule has 2 aromatic rings. The van der Waals surface area contributed by atoms with E-state index in [1.54, 1.807) is 23.8 Å². The number of fused-ring (bicyclic) bond motifs is 1. The average Bonchev–Trinajstić information content (AvgIpc) is 3.01. The molecule has 0 amide bonds. The molecule has 22 heavy (non-hydrogen) atoms. The summed E-state index contributed by atoms with van der Waals surface area (Å²) >= 11 is 0. The molecule has 0 spiro atoms. The third-order valence-electron chi connectivity index (χ3n) is 3.23. The molecule has 1 unspecified atom stereocenters. The van der Waals surface area contributed by atoms with E-state index in [0.717, 1.165) is 0 Å². The van der Waals surface area contributed by atoms with Crippen LogP contribution in [0.25, 0.3) is 0 Å². The van der Waals surface area contributed by atoms with Gasteiger partial charge in [-0.25, -0.2) is 0 Å². The van der Waals surface area contributed by atoms with Crippen molar-refractivity contribution in [2.24, 2.45) is 0 Å². The van der Waals surface area contributed by atoms with Crippen LogP contribution in [0.4, 0.5) is 5.82 Å². The Morgan fingerprint density at radius 1 is 1.50 bits per heavy atom. The number of nitro groups is 1. The fraction of sp³-hybridized carbons (Fsp3) is 0.267. The molecule has 0 radical (unpaired) electrons.